The lowest BCUT2D eigenvalue weighted by Gasteiger charge is -2.24. The molecule has 2 aromatic heterocycles. The van der Waals surface area contributed by atoms with E-state index in [1.54, 1.807) is 42.7 Å². The van der Waals surface area contributed by atoms with E-state index in [1.807, 2.05) is 6.92 Å². The van der Waals surface area contributed by atoms with E-state index in [1.165, 1.54) is 12.7 Å². The van der Waals surface area contributed by atoms with E-state index >= 15 is 0 Å². The minimum absolute atomic E-state index is 0.207. The molecule has 184 valence electrons. The number of fused-ring (bicyclic) bond motifs is 2. The van der Waals surface area contributed by atoms with Gasteiger partial charge >= 0.3 is 6.03 Å². The number of amides is 3. The topological polar surface area (TPSA) is 142 Å². The van der Waals surface area contributed by atoms with Crippen molar-refractivity contribution in [3.8, 4) is 0 Å². The van der Waals surface area contributed by atoms with Gasteiger partial charge in [-0.1, -0.05) is 11.6 Å². The highest BCUT2D eigenvalue weighted by Crippen LogP contribution is 2.44. The van der Waals surface area contributed by atoms with Crippen LogP contribution >= 0.6 is 11.6 Å². The zero-order valence-electron chi connectivity index (χ0n) is 19.2. The van der Waals surface area contributed by atoms with E-state index in [9.17, 15) is 9.59 Å². The number of rotatable bonds is 5. The highest BCUT2D eigenvalue weighted by Gasteiger charge is 2.58. The molecule has 2 fully saturated rings. The Morgan fingerprint density at radius 1 is 1.09 bits per heavy atom. The second-order valence-corrected chi connectivity index (χ2v) is 8.98. The van der Waals surface area contributed by atoms with Gasteiger partial charge in [-0.3, -0.25) is 14.7 Å². The van der Waals surface area contributed by atoms with Crippen molar-refractivity contribution in [2.75, 3.05) is 17.2 Å². The smallest absolute Gasteiger partial charge is 0.324 e. The fraction of sp³-hybridized carbons (Fsp3) is 0.409. The van der Waals surface area contributed by atoms with Crippen LogP contribution in [0.4, 0.5) is 16.3 Å². The summed E-state index contributed by atoms with van der Waals surface area (Å²) >= 11 is 5.89. The molecule has 0 bridgehead atoms. The predicted octanol–water partition coefficient (Wildman–Crippen LogP) is 2.68. The fourth-order valence-electron chi connectivity index (χ4n) is 4.22. The van der Waals surface area contributed by atoms with E-state index in [-0.39, 0.29) is 11.7 Å². The molecular formula is C22H24ClN7O5. The molecule has 0 spiro atoms. The maximum absolute atomic E-state index is 12.6. The van der Waals surface area contributed by atoms with Gasteiger partial charge in [0.2, 0.25) is 0 Å². The summed E-state index contributed by atoms with van der Waals surface area (Å²) in [6, 6.07) is 6.18. The zero-order valence-corrected chi connectivity index (χ0v) is 19.9. The largest absolute Gasteiger partial charge is 0.354 e. The normalized spacial score (nSPS) is 24.8. The molecule has 3 aromatic rings. The van der Waals surface area contributed by atoms with Gasteiger partial charge in [0.1, 0.15) is 18.5 Å². The summed E-state index contributed by atoms with van der Waals surface area (Å²) in [4.78, 5) is 38.0. The van der Waals surface area contributed by atoms with E-state index in [4.69, 9.17) is 25.8 Å². The Morgan fingerprint density at radius 3 is 2.57 bits per heavy atom. The van der Waals surface area contributed by atoms with Crippen molar-refractivity contribution in [1.82, 2.24) is 24.8 Å². The summed E-state index contributed by atoms with van der Waals surface area (Å²) in [6.07, 6.45) is 0.0391. The Bertz CT molecular complexity index is 1260. The van der Waals surface area contributed by atoms with Gasteiger partial charge in [0.15, 0.2) is 35.1 Å². The summed E-state index contributed by atoms with van der Waals surface area (Å²) in [7, 11) is 0. The maximum Gasteiger partial charge on any atom is 0.324 e. The average Bonchev–Trinajstić information content (AvgIpc) is 3.46. The number of carbonyl (C=O) groups is 2. The van der Waals surface area contributed by atoms with Crippen LogP contribution in [0.25, 0.3) is 11.2 Å². The van der Waals surface area contributed by atoms with Crippen molar-refractivity contribution < 1.29 is 23.8 Å². The van der Waals surface area contributed by atoms with Gasteiger partial charge in [-0.25, -0.2) is 19.7 Å². The van der Waals surface area contributed by atoms with Gasteiger partial charge in [0.05, 0.1) is 6.33 Å². The summed E-state index contributed by atoms with van der Waals surface area (Å²) in [6.45, 7) is 5.86. The molecule has 4 atom stereocenters. The minimum Gasteiger partial charge on any atom is -0.354 e. The molecule has 0 unspecified atom stereocenters. The van der Waals surface area contributed by atoms with E-state index in [0.717, 1.165) is 0 Å². The average molecular weight is 502 g/mol. The molecule has 0 saturated carbocycles. The summed E-state index contributed by atoms with van der Waals surface area (Å²) < 4.78 is 19.8. The molecule has 5 rings (SSSR count). The van der Waals surface area contributed by atoms with Crippen molar-refractivity contribution in [2.24, 2.45) is 0 Å². The van der Waals surface area contributed by atoms with Gasteiger partial charge in [-0.2, -0.15) is 0 Å². The third-order valence-electron chi connectivity index (χ3n) is 5.61. The van der Waals surface area contributed by atoms with E-state index in [2.05, 4.69) is 30.9 Å². The molecule has 0 aliphatic carbocycles. The quantitative estimate of drug-likeness (QED) is 0.484. The second-order valence-electron chi connectivity index (χ2n) is 8.54. The van der Waals surface area contributed by atoms with Crippen LogP contribution in [0.1, 0.15) is 27.0 Å². The van der Waals surface area contributed by atoms with Crippen LogP contribution in [0, 0.1) is 0 Å². The SMILES string of the molecule is CCNC(=O)[C@H]1O[C@@H](n2cnc3c(NC(=O)Nc4ccc(Cl)cc4)ncnc32)[C@@H]2OC(C)(C)O[C@@H]21. The first-order chi connectivity index (χ1) is 16.8. The monoisotopic (exact) mass is 501 g/mol. The van der Waals surface area contributed by atoms with Crippen molar-refractivity contribution in [2.45, 2.75) is 51.1 Å². The molecule has 2 saturated heterocycles. The first kappa shape index (κ1) is 23.4. The Balaban J connectivity index is 1.40. The Hall–Kier alpha value is -3.32. The summed E-state index contributed by atoms with van der Waals surface area (Å²) in [5.74, 6) is -0.967. The number of nitrogens with zero attached hydrogens (tertiary/aromatic N) is 4. The number of halogens is 1. The minimum atomic E-state index is -0.889. The maximum atomic E-state index is 12.6. The molecule has 2 aliphatic heterocycles. The molecule has 0 radical (unpaired) electrons. The van der Waals surface area contributed by atoms with Crippen LogP contribution in [0.2, 0.25) is 5.02 Å². The van der Waals surface area contributed by atoms with Crippen molar-refractivity contribution in [1.29, 1.82) is 0 Å². The number of likely N-dealkylation sites (N-methyl/N-ethyl adjacent to an activating group) is 1. The molecule has 35 heavy (non-hydrogen) atoms. The first-order valence-corrected chi connectivity index (χ1v) is 11.4. The van der Waals surface area contributed by atoms with Gasteiger partial charge in [-0.05, 0) is 45.0 Å². The number of anilines is 2. The molecule has 13 heteroatoms. The van der Waals surface area contributed by atoms with Crippen LogP contribution in [0.15, 0.2) is 36.9 Å². The van der Waals surface area contributed by atoms with Gasteiger partial charge < -0.3 is 24.8 Å². The van der Waals surface area contributed by atoms with E-state index < -0.39 is 36.4 Å². The predicted molar refractivity (Wildman–Crippen MR) is 126 cm³/mol. The molecule has 4 heterocycles. The van der Waals surface area contributed by atoms with Crippen molar-refractivity contribution in [3.63, 3.8) is 0 Å². The lowest BCUT2D eigenvalue weighted by atomic mass is 10.1. The van der Waals surface area contributed by atoms with Crippen LogP contribution in [0.5, 0.6) is 0 Å². The van der Waals surface area contributed by atoms with Gasteiger partial charge in [0.25, 0.3) is 5.91 Å². The molecule has 2 aliphatic rings. The molecular weight excluding hydrogens is 478 g/mol. The lowest BCUT2D eigenvalue weighted by Crippen LogP contribution is -2.42. The molecule has 1 aromatic carbocycles. The summed E-state index contributed by atoms with van der Waals surface area (Å²) in [5.41, 5.74) is 1.31. The highest BCUT2D eigenvalue weighted by molar-refractivity contribution is 6.30. The Kier molecular flexibility index (Phi) is 6.05. The molecule has 3 N–H and O–H groups in total. The fourth-order valence-corrected chi connectivity index (χ4v) is 4.35. The third kappa shape index (κ3) is 4.52. The van der Waals surface area contributed by atoms with Crippen LogP contribution in [-0.4, -0.2) is 62.1 Å². The number of nitrogens with one attached hydrogen (secondary N) is 3. The van der Waals surface area contributed by atoms with Crippen molar-refractivity contribution in [3.05, 3.63) is 41.9 Å². The number of imidazole rings is 1. The highest BCUT2D eigenvalue weighted by atomic mass is 35.5. The Morgan fingerprint density at radius 2 is 1.83 bits per heavy atom. The molecule has 3 amide bonds. The number of aromatic nitrogens is 4. The van der Waals surface area contributed by atoms with Crippen molar-refractivity contribution >= 4 is 46.2 Å². The Labute approximate surface area is 205 Å². The van der Waals surface area contributed by atoms with E-state index in [0.29, 0.717) is 28.4 Å². The van der Waals surface area contributed by atoms with Crippen LogP contribution in [-0.2, 0) is 19.0 Å². The number of urea groups is 1. The van der Waals surface area contributed by atoms with Gasteiger partial charge in [0, 0.05) is 17.3 Å². The lowest BCUT2D eigenvalue weighted by molar-refractivity contribution is -0.197. The van der Waals surface area contributed by atoms with Crippen LogP contribution in [0.3, 0.4) is 0 Å². The van der Waals surface area contributed by atoms with Crippen LogP contribution < -0.4 is 16.0 Å². The second kappa shape index (κ2) is 9.04. The number of benzene rings is 1. The molecule has 12 nitrogen and oxygen atoms in total. The zero-order chi connectivity index (χ0) is 24.7. The first-order valence-electron chi connectivity index (χ1n) is 11.1. The number of hydrogen-bond acceptors (Lipinski definition) is 8. The number of carbonyl (C=O) groups excluding carboxylic acids is 2. The number of ether oxygens (including phenoxy) is 3. The third-order valence-corrected chi connectivity index (χ3v) is 5.86. The van der Waals surface area contributed by atoms with Gasteiger partial charge in [-0.15, -0.1) is 0 Å². The summed E-state index contributed by atoms with van der Waals surface area (Å²) in [5, 5.41) is 8.72. The number of hydrogen-bond donors (Lipinski definition) is 3. The standard InChI is InChI=1S/C22H24ClN7O5/c1-4-24-19(31)15-14-16(35-22(2,3)34-14)20(33-15)30-10-27-13-17(25-9-26-18(13)30)29-21(32)28-12-7-5-11(23)6-8-12/h5-10,14-16,20H,4H2,1-3H3,(H,24,31)(H2,25,26,28,29,32)/t14-,15+,16-,20-/m1/s1.